The first-order chi connectivity index (χ1) is 11.7. The largest absolute Gasteiger partial charge is 0.490 e. The number of benzene rings is 2. The molecule has 24 heavy (non-hydrogen) atoms. The highest BCUT2D eigenvalue weighted by atomic mass is 35.5. The Bertz CT molecular complexity index is 863. The Kier molecular flexibility index (Phi) is 4.86. The summed E-state index contributed by atoms with van der Waals surface area (Å²) in [7, 11) is 0. The van der Waals surface area contributed by atoms with Gasteiger partial charge in [-0.2, -0.15) is 0 Å². The summed E-state index contributed by atoms with van der Waals surface area (Å²) >= 11 is 5.81. The molecule has 6 nitrogen and oxygen atoms in total. The Morgan fingerprint density at radius 2 is 1.96 bits per heavy atom. The summed E-state index contributed by atoms with van der Waals surface area (Å²) in [6.45, 7) is 2.30. The molecule has 1 heterocycles. The summed E-state index contributed by atoms with van der Waals surface area (Å²) in [5, 5.41) is 3.08. The summed E-state index contributed by atoms with van der Waals surface area (Å²) in [5.74, 6) is 0.873. The van der Waals surface area contributed by atoms with Crippen molar-refractivity contribution >= 4 is 34.2 Å². The van der Waals surface area contributed by atoms with Gasteiger partial charge in [-0.25, -0.2) is 4.98 Å². The Balaban J connectivity index is 1.62. The highest BCUT2D eigenvalue weighted by Gasteiger charge is 2.09. The van der Waals surface area contributed by atoms with Gasteiger partial charge >= 0.3 is 0 Å². The molecule has 0 radical (unpaired) electrons. The number of nitrogens with one attached hydrogen (secondary N) is 2. The molecule has 0 spiro atoms. The van der Waals surface area contributed by atoms with E-state index in [1.165, 1.54) is 0 Å². The van der Waals surface area contributed by atoms with Crippen LogP contribution in [-0.4, -0.2) is 29.1 Å². The third-order valence-electron chi connectivity index (χ3n) is 3.24. The number of carbonyl (C=O) groups is 1. The molecule has 0 fully saturated rings. The van der Waals surface area contributed by atoms with Crippen molar-refractivity contribution in [1.82, 2.24) is 9.97 Å². The van der Waals surface area contributed by atoms with E-state index in [4.69, 9.17) is 21.1 Å². The topological polar surface area (TPSA) is 76.2 Å². The van der Waals surface area contributed by atoms with Gasteiger partial charge in [0.2, 0.25) is 5.28 Å². The summed E-state index contributed by atoms with van der Waals surface area (Å²) in [6, 6.07) is 12.5. The van der Waals surface area contributed by atoms with Gasteiger partial charge in [-0.05, 0) is 48.9 Å². The number of para-hydroxylation sites is 2. The molecule has 0 aliphatic heterocycles. The number of hydrogen-bond donors (Lipinski definition) is 2. The average Bonchev–Trinajstić information content (AvgIpc) is 2.93. The zero-order chi connectivity index (χ0) is 16.9. The Hall–Kier alpha value is -2.73. The van der Waals surface area contributed by atoms with Crippen LogP contribution in [0, 0.1) is 0 Å². The monoisotopic (exact) mass is 345 g/mol. The minimum atomic E-state index is -0.272. The molecular formula is C17H16ClN3O3. The normalized spacial score (nSPS) is 10.6. The van der Waals surface area contributed by atoms with Gasteiger partial charge in [0.1, 0.15) is 0 Å². The van der Waals surface area contributed by atoms with Crippen LogP contribution in [0.5, 0.6) is 11.5 Å². The van der Waals surface area contributed by atoms with E-state index in [1.807, 2.05) is 19.1 Å². The number of nitrogens with zero attached hydrogens (tertiary/aromatic N) is 1. The van der Waals surface area contributed by atoms with Crippen LogP contribution in [0.15, 0.2) is 42.5 Å². The van der Waals surface area contributed by atoms with Crippen LogP contribution in [-0.2, 0) is 4.79 Å². The number of H-pyrrole nitrogens is 1. The molecule has 0 saturated carbocycles. The van der Waals surface area contributed by atoms with E-state index in [0.717, 1.165) is 11.0 Å². The molecule has 2 aromatic carbocycles. The van der Waals surface area contributed by atoms with Gasteiger partial charge in [0, 0.05) is 5.69 Å². The van der Waals surface area contributed by atoms with Crippen molar-refractivity contribution in [3.05, 3.63) is 47.7 Å². The van der Waals surface area contributed by atoms with Crippen LogP contribution in [0.4, 0.5) is 5.69 Å². The molecule has 1 aromatic heterocycles. The number of hydrogen-bond acceptors (Lipinski definition) is 4. The molecule has 0 atom stereocenters. The van der Waals surface area contributed by atoms with E-state index in [0.29, 0.717) is 29.1 Å². The number of fused-ring (bicyclic) bond motifs is 1. The maximum Gasteiger partial charge on any atom is 0.262 e. The number of carbonyl (C=O) groups excluding carboxylic acids is 1. The number of aromatic amines is 1. The lowest BCUT2D eigenvalue weighted by molar-refractivity contribution is -0.118. The van der Waals surface area contributed by atoms with Crippen LogP contribution in [0.1, 0.15) is 6.92 Å². The SMILES string of the molecule is CCOc1ccccc1OCC(=O)Nc1ccc2nc(Cl)[nH]c2c1. The predicted octanol–water partition coefficient (Wildman–Crippen LogP) is 3.63. The summed E-state index contributed by atoms with van der Waals surface area (Å²) in [5.41, 5.74) is 2.12. The van der Waals surface area contributed by atoms with Crippen LogP contribution >= 0.6 is 11.6 Å². The van der Waals surface area contributed by atoms with Crippen LogP contribution < -0.4 is 14.8 Å². The van der Waals surface area contributed by atoms with Crippen LogP contribution in [0.25, 0.3) is 11.0 Å². The quantitative estimate of drug-likeness (QED) is 0.715. The first-order valence-electron chi connectivity index (χ1n) is 7.45. The second kappa shape index (κ2) is 7.23. The molecule has 2 N–H and O–H groups in total. The maximum atomic E-state index is 12.1. The lowest BCUT2D eigenvalue weighted by Gasteiger charge is -2.11. The van der Waals surface area contributed by atoms with Crippen LogP contribution in [0.3, 0.4) is 0 Å². The highest BCUT2D eigenvalue weighted by molar-refractivity contribution is 6.29. The van der Waals surface area contributed by atoms with Crippen molar-refractivity contribution in [2.45, 2.75) is 6.92 Å². The minimum absolute atomic E-state index is 0.119. The molecule has 7 heteroatoms. The molecule has 0 bridgehead atoms. The molecule has 3 rings (SSSR count). The Morgan fingerprint density at radius 3 is 2.71 bits per heavy atom. The molecule has 1 amide bonds. The number of ether oxygens (including phenoxy) is 2. The molecule has 0 aliphatic carbocycles. The molecule has 0 aliphatic rings. The van der Waals surface area contributed by atoms with Crippen molar-refractivity contribution in [2.75, 3.05) is 18.5 Å². The average molecular weight is 346 g/mol. The van der Waals surface area contributed by atoms with Gasteiger partial charge in [0.15, 0.2) is 18.1 Å². The van der Waals surface area contributed by atoms with Gasteiger partial charge in [0.05, 0.1) is 17.6 Å². The number of rotatable bonds is 6. The number of amides is 1. The zero-order valence-electron chi connectivity index (χ0n) is 13.0. The van der Waals surface area contributed by atoms with Crippen molar-refractivity contribution in [2.24, 2.45) is 0 Å². The fourth-order valence-electron chi connectivity index (χ4n) is 2.24. The Morgan fingerprint density at radius 1 is 1.21 bits per heavy atom. The predicted molar refractivity (Wildman–Crippen MR) is 92.8 cm³/mol. The number of halogens is 1. The maximum absolute atomic E-state index is 12.1. The minimum Gasteiger partial charge on any atom is -0.490 e. The second-order valence-corrected chi connectivity index (χ2v) is 5.33. The molecule has 124 valence electrons. The molecule has 0 unspecified atom stereocenters. The first kappa shape index (κ1) is 16.1. The number of aromatic nitrogens is 2. The summed E-state index contributed by atoms with van der Waals surface area (Å²) in [6.07, 6.45) is 0. The van der Waals surface area contributed by atoms with Gasteiger partial charge in [-0.15, -0.1) is 0 Å². The van der Waals surface area contributed by atoms with Gasteiger partial charge in [-0.1, -0.05) is 12.1 Å². The van der Waals surface area contributed by atoms with Gasteiger partial charge in [-0.3, -0.25) is 4.79 Å². The van der Waals surface area contributed by atoms with Gasteiger partial charge < -0.3 is 19.8 Å². The van der Waals surface area contributed by atoms with Gasteiger partial charge in [0.25, 0.3) is 5.91 Å². The van der Waals surface area contributed by atoms with Crippen molar-refractivity contribution in [1.29, 1.82) is 0 Å². The fourth-order valence-corrected chi connectivity index (χ4v) is 2.43. The van der Waals surface area contributed by atoms with Crippen LogP contribution in [0.2, 0.25) is 5.28 Å². The van der Waals surface area contributed by atoms with E-state index < -0.39 is 0 Å². The summed E-state index contributed by atoms with van der Waals surface area (Å²) in [4.78, 5) is 19.1. The standard InChI is InChI=1S/C17H16ClN3O3/c1-2-23-14-5-3-4-6-15(14)24-10-16(22)19-11-7-8-12-13(9-11)21-17(18)20-12/h3-9H,2,10H2,1H3,(H,19,22)(H,20,21). The lowest BCUT2D eigenvalue weighted by Crippen LogP contribution is -2.20. The first-order valence-corrected chi connectivity index (χ1v) is 7.83. The summed E-state index contributed by atoms with van der Waals surface area (Å²) < 4.78 is 11.0. The van der Waals surface area contributed by atoms with E-state index in [1.54, 1.807) is 30.3 Å². The van der Waals surface area contributed by atoms with E-state index in [2.05, 4.69) is 15.3 Å². The molecule has 3 aromatic rings. The van der Waals surface area contributed by atoms with Crippen molar-refractivity contribution < 1.29 is 14.3 Å². The highest BCUT2D eigenvalue weighted by Crippen LogP contribution is 2.26. The van der Waals surface area contributed by atoms with E-state index >= 15 is 0 Å². The fraction of sp³-hybridized carbons (Fsp3) is 0.176. The zero-order valence-corrected chi connectivity index (χ0v) is 13.8. The van der Waals surface area contributed by atoms with E-state index in [-0.39, 0.29) is 12.5 Å². The third-order valence-corrected chi connectivity index (χ3v) is 3.42. The van der Waals surface area contributed by atoms with Crippen molar-refractivity contribution in [3.63, 3.8) is 0 Å². The number of anilines is 1. The third kappa shape index (κ3) is 3.78. The Labute approximate surface area is 143 Å². The number of imidazole rings is 1. The smallest absolute Gasteiger partial charge is 0.262 e. The molecular weight excluding hydrogens is 330 g/mol. The second-order valence-electron chi connectivity index (χ2n) is 4.98. The van der Waals surface area contributed by atoms with Crippen molar-refractivity contribution in [3.8, 4) is 11.5 Å². The lowest BCUT2D eigenvalue weighted by atomic mass is 10.3. The molecule has 0 saturated heterocycles. The van der Waals surface area contributed by atoms with E-state index in [9.17, 15) is 4.79 Å².